The smallest absolute Gasteiger partial charge is 0.264 e. The Balaban J connectivity index is 1.61. The lowest BCUT2D eigenvalue weighted by Gasteiger charge is -2.20. The highest BCUT2D eigenvalue weighted by atomic mass is 32.2. The van der Waals surface area contributed by atoms with Crippen LogP contribution in [-0.2, 0) is 10.0 Å². The molecule has 0 bridgehead atoms. The summed E-state index contributed by atoms with van der Waals surface area (Å²) >= 11 is 1.46. The number of ether oxygens (including phenoxy) is 1. The predicted octanol–water partition coefficient (Wildman–Crippen LogP) is 5.06. The van der Waals surface area contributed by atoms with Crippen molar-refractivity contribution in [2.75, 3.05) is 31.6 Å². The lowest BCUT2D eigenvalue weighted by Crippen LogP contribution is -2.31. The SMILES string of the molecule is COc1ccc(S(=O)(=O)N(C)c2ccc3sc(C(=O)N4CCCCCC4)cc3c2)cc1C. The van der Waals surface area contributed by atoms with Gasteiger partial charge >= 0.3 is 0 Å². The maximum absolute atomic E-state index is 13.2. The number of anilines is 1. The highest BCUT2D eigenvalue weighted by Gasteiger charge is 2.24. The molecule has 6 nitrogen and oxygen atoms in total. The lowest BCUT2D eigenvalue weighted by atomic mass is 10.2. The lowest BCUT2D eigenvalue weighted by molar-refractivity contribution is 0.0766. The van der Waals surface area contributed by atoms with Gasteiger partial charge in [0.2, 0.25) is 0 Å². The molecule has 1 saturated heterocycles. The van der Waals surface area contributed by atoms with E-state index in [0.717, 1.165) is 41.6 Å². The van der Waals surface area contributed by atoms with Gasteiger partial charge in [0.25, 0.3) is 15.9 Å². The highest BCUT2D eigenvalue weighted by molar-refractivity contribution is 7.92. The Bertz CT molecular complexity index is 1240. The molecule has 4 rings (SSSR count). The number of sulfonamides is 1. The molecular formula is C24H28N2O4S2. The normalized spacial score (nSPS) is 14.9. The van der Waals surface area contributed by atoms with Crippen LogP contribution in [0.5, 0.6) is 5.75 Å². The molecule has 1 amide bonds. The fourth-order valence-corrected chi connectivity index (χ4v) is 6.35. The van der Waals surface area contributed by atoms with Crippen LogP contribution in [0.25, 0.3) is 10.1 Å². The second kappa shape index (κ2) is 9.11. The summed E-state index contributed by atoms with van der Waals surface area (Å²) in [6, 6.07) is 12.2. The maximum atomic E-state index is 13.2. The molecule has 2 aromatic carbocycles. The Morgan fingerprint density at radius 1 is 1.03 bits per heavy atom. The van der Waals surface area contributed by atoms with Gasteiger partial charge in [0.05, 0.1) is 22.6 Å². The zero-order valence-corrected chi connectivity index (χ0v) is 20.3. The van der Waals surface area contributed by atoms with Crippen molar-refractivity contribution < 1.29 is 17.9 Å². The van der Waals surface area contributed by atoms with Gasteiger partial charge in [0.15, 0.2) is 0 Å². The number of carbonyl (C=O) groups is 1. The number of carbonyl (C=O) groups excluding carboxylic acids is 1. The number of thiophene rings is 1. The van der Waals surface area contributed by atoms with Crippen molar-refractivity contribution in [2.24, 2.45) is 0 Å². The van der Waals surface area contributed by atoms with E-state index in [9.17, 15) is 13.2 Å². The van der Waals surface area contributed by atoms with Crippen LogP contribution in [0.15, 0.2) is 47.4 Å². The summed E-state index contributed by atoms with van der Waals surface area (Å²) in [4.78, 5) is 15.8. The van der Waals surface area contributed by atoms with Gasteiger partial charge in [-0.05, 0) is 73.2 Å². The predicted molar refractivity (Wildman–Crippen MR) is 130 cm³/mol. The monoisotopic (exact) mass is 472 g/mol. The van der Waals surface area contributed by atoms with Crippen molar-refractivity contribution in [2.45, 2.75) is 37.5 Å². The molecule has 1 aliphatic heterocycles. The molecule has 1 aromatic heterocycles. The van der Waals surface area contributed by atoms with E-state index in [1.54, 1.807) is 38.4 Å². The van der Waals surface area contributed by atoms with Crippen molar-refractivity contribution in [3.05, 3.63) is 52.9 Å². The maximum Gasteiger partial charge on any atom is 0.264 e. The molecule has 170 valence electrons. The first-order valence-corrected chi connectivity index (χ1v) is 13.0. The summed E-state index contributed by atoms with van der Waals surface area (Å²) in [5.41, 5.74) is 1.31. The van der Waals surface area contributed by atoms with Gasteiger partial charge in [-0.3, -0.25) is 9.10 Å². The van der Waals surface area contributed by atoms with E-state index >= 15 is 0 Å². The van der Waals surface area contributed by atoms with Crippen molar-refractivity contribution in [3.8, 4) is 5.75 Å². The zero-order valence-electron chi connectivity index (χ0n) is 18.6. The molecule has 0 unspecified atom stereocenters. The molecule has 1 aliphatic rings. The first kappa shape index (κ1) is 22.6. The van der Waals surface area contributed by atoms with E-state index in [0.29, 0.717) is 16.3 Å². The van der Waals surface area contributed by atoms with E-state index in [1.165, 1.54) is 28.5 Å². The minimum absolute atomic E-state index is 0.0735. The summed E-state index contributed by atoms with van der Waals surface area (Å²) in [5.74, 6) is 0.720. The van der Waals surface area contributed by atoms with E-state index < -0.39 is 10.0 Å². The Hall–Kier alpha value is -2.58. The molecule has 8 heteroatoms. The minimum atomic E-state index is -3.73. The van der Waals surface area contributed by atoms with E-state index in [4.69, 9.17) is 4.74 Å². The number of nitrogens with zero attached hydrogens (tertiary/aromatic N) is 2. The van der Waals surface area contributed by atoms with Gasteiger partial charge in [-0.25, -0.2) is 8.42 Å². The minimum Gasteiger partial charge on any atom is -0.496 e. The molecule has 0 radical (unpaired) electrons. The van der Waals surface area contributed by atoms with Crippen LogP contribution < -0.4 is 9.04 Å². The Morgan fingerprint density at radius 2 is 1.75 bits per heavy atom. The van der Waals surface area contributed by atoms with Crippen molar-refractivity contribution in [1.82, 2.24) is 4.90 Å². The number of benzene rings is 2. The zero-order chi connectivity index (χ0) is 22.9. The average molecular weight is 473 g/mol. The topological polar surface area (TPSA) is 66.9 Å². The number of likely N-dealkylation sites (tertiary alicyclic amines) is 1. The van der Waals surface area contributed by atoms with Crippen LogP contribution in [0, 0.1) is 6.92 Å². The first-order valence-electron chi connectivity index (χ1n) is 10.8. The van der Waals surface area contributed by atoms with Crippen LogP contribution >= 0.6 is 11.3 Å². The average Bonchev–Trinajstić information content (AvgIpc) is 3.02. The summed E-state index contributed by atoms with van der Waals surface area (Å²) in [6.45, 7) is 3.43. The molecule has 0 aliphatic carbocycles. The number of aryl methyl sites for hydroxylation is 1. The van der Waals surface area contributed by atoms with Gasteiger partial charge in [-0.15, -0.1) is 11.3 Å². The summed E-state index contributed by atoms with van der Waals surface area (Å²) in [5, 5.41) is 0.874. The molecule has 2 heterocycles. The van der Waals surface area contributed by atoms with E-state index in [-0.39, 0.29) is 10.8 Å². The van der Waals surface area contributed by atoms with Gasteiger partial charge < -0.3 is 9.64 Å². The van der Waals surface area contributed by atoms with Crippen molar-refractivity contribution in [3.63, 3.8) is 0 Å². The van der Waals surface area contributed by atoms with Gasteiger partial charge in [0, 0.05) is 24.8 Å². The highest BCUT2D eigenvalue weighted by Crippen LogP contribution is 2.32. The third kappa shape index (κ3) is 4.34. The van der Waals surface area contributed by atoms with Gasteiger partial charge in [-0.2, -0.15) is 0 Å². The van der Waals surface area contributed by atoms with Crippen LogP contribution in [0.2, 0.25) is 0 Å². The fraction of sp³-hybridized carbons (Fsp3) is 0.375. The third-order valence-electron chi connectivity index (χ3n) is 5.99. The number of fused-ring (bicyclic) bond motifs is 1. The van der Waals surface area contributed by atoms with Crippen LogP contribution in [0.4, 0.5) is 5.69 Å². The van der Waals surface area contributed by atoms with Gasteiger partial charge in [-0.1, -0.05) is 12.8 Å². The quantitative estimate of drug-likeness (QED) is 0.521. The first-order chi connectivity index (χ1) is 15.3. The number of methoxy groups -OCH3 is 1. The fourth-order valence-electron chi connectivity index (χ4n) is 4.07. The Labute approximate surface area is 193 Å². The standard InChI is InChI=1S/C24H28N2O4S2/c1-17-14-20(9-10-21(17)30-3)32(28,29)25(2)19-8-11-22-18(15-19)16-23(31-22)24(27)26-12-6-4-5-7-13-26/h8-11,14-16H,4-7,12-13H2,1-3H3. The van der Waals surface area contributed by atoms with Crippen molar-refractivity contribution >= 4 is 43.0 Å². The number of amides is 1. The largest absolute Gasteiger partial charge is 0.496 e. The Morgan fingerprint density at radius 3 is 2.41 bits per heavy atom. The van der Waals surface area contributed by atoms with Crippen LogP contribution in [0.3, 0.4) is 0 Å². The molecule has 1 fully saturated rings. The number of hydrogen-bond acceptors (Lipinski definition) is 5. The van der Waals surface area contributed by atoms with Crippen LogP contribution in [-0.4, -0.2) is 46.5 Å². The summed E-state index contributed by atoms with van der Waals surface area (Å²) < 4.78 is 33.9. The molecule has 3 aromatic rings. The molecule has 0 saturated carbocycles. The molecule has 0 N–H and O–H groups in total. The summed E-state index contributed by atoms with van der Waals surface area (Å²) in [6.07, 6.45) is 4.45. The molecule has 0 atom stereocenters. The summed E-state index contributed by atoms with van der Waals surface area (Å²) in [7, 11) is -0.625. The van der Waals surface area contributed by atoms with Gasteiger partial charge in [0.1, 0.15) is 5.75 Å². The van der Waals surface area contributed by atoms with Crippen molar-refractivity contribution in [1.29, 1.82) is 0 Å². The molecular weight excluding hydrogens is 444 g/mol. The number of rotatable bonds is 5. The second-order valence-corrected chi connectivity index (χ2v) is 11.2. The third-order valence-corrected chi connectivity index (χ3v) is 8.88. The molecule has 32 heavy (non-hydrogen) atoms. The second-order valence-electron chi connectivity index (χ2n) is 8.14. The van der Waals surface area contributed by atoms with E-state index in [1.807, 2.05) is 30.0 Å². The molecule has 0 spiro atoms. The Kier molecular flexibility index (Phi) is 6.44. The number of hydrogen-bond donors (Lipinski definition) is 0. The van der Waals surface area contributed by atoms with E-state index in [2.05, 4.69) is 0 Å². The van der Waals surface area contributed by atoms with Crippen LogP contribution in [0.1, 0.15) is 40.9 Å².